The van der Waals surface area contributed by atoms with Crippen LogP contribution in [0, 0.1) is 5.92 Å². The molecule has 2 atom stereocenters. The molecule has 1 heterocycles. The number of carbonyl (C=O) groups is 2. The minimum atomic E-state index is -0.803. The second-order valence-electron chi connectivity index (χ2n) is 6.50. The lowest BCUT2D eigenvalue weighted by molar-refractivity contribution is -0.147. The lowest BCUT2D eigenvalue weighted by Crippen LogP contribution is -2.47. The van der Waals surface area contributed by atoms with Gasteiger partial charge in [-0.15, -0.1) is 0 Å². The van der Waals surface area contributed by atoms with E-state index in [2.05, 4.69) is 6.92 Å². The third-order valence-electron chi connectivity index (χ3n) is 4.58. The lowest BCUT2D eigenvalue weighted by atomic mass is 9.93. The summed E-state index contributed by atoms with van der Waals surface area (Å²) in [6.45, 7) is 5.10. The van der Waals surface area contributed by atoms with Crippen molar-refractivity contribution in [2.24, 2.45) is 5.92 Å². The Morgan fingerprint density at radius 3 is 2.58 bits per heavy atom. The summed E-state index contributed by atoms with van der Waals surface area (Å²) in [6.07, 6.45) is 3.45. The number of carbonyl (C=O) groups excluding carboxylic acids is 1. The van der Waals surface area contributed by atoms with Gasteiger partial charge in [-0.05, 0) is 50.3 Å². The van der Waals surface area contributed by atoms with Crippen LogP contribution in [0.5, 0.6) is 5.75 Å². The second-order valence-corrected chi connectivity index (χ2v) is 6.50. The summed E-state index contributed by atoms with van der Waals surface area (Å²) in [5.74, 6) is -0.344. The van der Waals surface area contributed by atoms with Gasteiger partial charge in [0.15, 0.2) is 0 Å². The third-order valence-corrected chi connectivity index (χ3v) is 4.58. The third kappa shape index (κ3) is 4.98. The van der Waals surface area contributed by atoms with E-state index in [0.717, 1.165) is 24.2 Å². The monoisotopic (exact) mass is 333 g/mol. The molecule has 5 heteroatoms. The number of carboxylic acids is 1. The van der Waals surface area contributed by atoms with E-state index in [-0.39, 0.29) is 11.9 Å². The molecule has 1 aliphatic heterocycles. The summed E-state index contributed by atoms with van der Waals surface area (Å²) >= 11 is 0. The number of hydrogen-bond acceptors (Lipinski definition) is 3. The summed E-state index contributed by atoms with van der Waals surface area (Å²) in [4.78, 5) is 25.4. The summed E-state index contributed by atoms with van der Waals surface area (Å²) in [6, 6.07) is 7.95. The van der Waals surface area contributed by atoms with Gasteiger partial charge < -0.3 is 14.7 Å². The van der Waals surface area contributed by atoms with Crippen molar-refractivity contribution in [1.82, 2.24) is 4.90 Å². The largest absolute Gasteiger partial charge is 0.494 e. The number of ether oxygens (including phenoxy) is 1. The van der Waals surface area contributed by atoms with Crippen LogP contribution in [0.15, 0.2) is 24.3 Å². The molecule has 0 bridgehead atoms. The van der Waals surface area contributed by atoms with Crippen molar-refractivity contribution >= 4 is 11.9 Å². The lowest BCUT2D eigenvalue weighted by Gasteiger charge is -2.36. The number of likely N-dealkylation sites (tertiary alicyclic amines) is 1. The first-order chi connectivity index (χ1) is 11.5. The Morgan fingerprint density at radius 2 is 1.96 bits per heavy atom. The van der Waals surface area contributed by atoms with E-state index in [4.69, 9.17) is 9.84 Å². The molecule has 1 amide bonds. The van der Waals surface area contributed by atoms with Crippen molar-refractivity contribution < 1.29 is 19.4 Å². The predicted molar refractivity (Wildman–Crippen MR) is 92.1 cm³/mol. The van der Waals surface area contributed by atoms with Crippen LogP contribution in [0.25, 0.3) is 0 Å². The van der Waals surface area contributed by atoms with E-state index in [1.807, 2.05) is 31.2 Å². The van der Waals surface area contributed by atoms with Gasteiger partial charge in [-0.25, -0.2) is 0 Å². The highest BCUT2D eigenvalue weighted by atomic mass is 16.5. The first kappa shape index (κ1) is 18.3. The van der Waals surface area contributed by atoms with Crippen LogP contribution >= 0.6 is 0 Å². The average molecular weight is 333 g/mol. The van der Waals surface area contributed by atoms with Crippen LogP contribution in [0.1, 0.15) is 45.1 Å². The Morgan fingerprint density at radius 1 is 1.25 bits per heavy atom. The van der Waals surface area contributed by atoms with Gasteiger partial charge in [-0.2, -0.15) is 0 Å². The first-order valence-corrected chi connectivity index (χ1v) is 8.75. The van der Waals surface area contributed by atoms with E-state index in [9.17, 15) is 9.59 Å². The molecule has 0 radical (unpaired) electrons. The number of piperidine rings is 1. The molecule has 1 fully saturated rings. The average Bonchev–Trinajstić information content (AvgIpc) is 2.59. The first-order valence-electron chi connectivity index (χ1n) is 8.75. The summed E-state index contributed by atoms with van der Waals surface area (Å²) in [5, 5.41) is 9.17. The fourth-order valence-electron chi connectivity index (χ4n) is 3.02. The van der Waals surface area contributed by atoms with Gasteiger partial charge in [0.1, 0.15) is 5.75 Å². The van der Waals surface area contributed by atoms with Crippen LogP contribution in [-0.2, 0) is 16.0 Å². The maximum Gasteiger partial charge on any atom is 0.308 e. The van der Waals surface area contributed by atoms with E-state index in [1.54, 1.807) is 4.90 Å². The zero-order valence-electron chi connectivity index (χ0n) is 14.5. The Labute approximate surface area is 143 Å². The Balaban J connectivity index is 1.86. The number of carboxylic acid groups (broad SMARTS) is 1. The van der Waals surface area contributed by atoms with Crippen LogP contribution < -0.4 is 4.74 Å². The zero-order valence-corrected chi connectivity index (χ0v) is 14.5. The van der Waals surface area contributed by atoms with E-state index < -0.39 is 11.9 Å². The zero-order chi connectivity index (χ0) is 17.5. The fraction of sp³-hybridized carbons (Fsp3) is 0.579. The molecule has 0 spiro atoms. The van der Waals surface area contributed by atoms with Gasteiger partial charge in [0.25, 0.3) is 0 Å². The van der Waals surface area contributed by atoms with Crippen LogP contribution in [0.4, 0.5) is 0 Å². The van der Waals surface area contributed by atoms with E-state index >= 15 is 0 Å². The minimum Gasteiger partial charge on any atom is -0.494 e. The standard InChI is InChI=1S/C19H27NO4/c1-3-12-24-17-9-5-15(6-10-17)7-11-18(21)20-13-16(19(22)23)8-4-14(20)2/h5-6,9-10,14,16H,3-4,7-8,11-13H2,1-2H3,(H,22,23). The molecule has 1 aromatic carbocycles. The molecule has 0 aliphatic carbocycles. The van der Waals surface area contributed by atoms with Crippen molar-refractivity contribution in [2.45, 2.75) is 52.0 Å². The maximum absolute atomic E-state index is 12.5. The van der Waals surface area contributed by atoms with Crippen molar-refractivity contribution in [3.05, 3.63) is 29.8 Å². The normalized spacial score (nSPS) is 20.7. The smallest absolute Gasteiger partial charge is 0.308 e. The Hall–Kier alpha value is -2.04. The van der Waals surface area contributed by atoms with Crippen molar-refractivity contribution in [1.29, 1.82) is 0 Å². The number of amides is 1. The van der Waals surface area contributed by atoms with Crippen LogP contribution in [0.2, 0.25) is 0 Å². The van der Waals surface area contributed by atoms with Crippen LogP contribution in [-0.4, -0.2) is 41.1 Å². The fourth-order valence-corrected chi connectivity index (χ4v) is 3.02. The van der Waals surface area contributed by atoms with Gasteiger partial charge in [-0.3, -0.25) is 9.59 Å². The van der Waals surface area contributed by atoms with E-state index in [1.165, 1.54) is 0 Å². The quantitative estimate of drug-likeness (QED) is 0.832. The van der Waals surface area contributed by atoms with Crippen molar-refractivity contribution in [3.63, 3.8) is 0 Å². The molecular formula is C19H27NO4. The Bertz CT molecular complexity index is 555. The molecule has 1 aromatic rings. The molecule has 0 saturated carbocycles. The maximum atomic E-state index is 12.5. The molecule has 1 N–H and O–H groups in total. The van der Waals surface area contributed by atoms with Gasteiger partial charge in [0.05, 0.1) is 12.5 Å². The molecule has 24 heavy (non-hydrogen) atoms. The number of aliphatic carboxylic acids is 1. The van der Waals surface area contributed by atoms with Gasteiger partial charge in [0, 0.05) is 19.0 Å². The summed E-state index contributed by atoms with van der Waals surface area (Å²) in [7, 11) is 0. The van der Waals surface area contributed by atoms with Gasteiger partial charge >= 0.3 is 5.97 Å². The molecule has 1 saturated heterocycles. The molecular weight excluding hydrogens is 306 g/mol. The predicted octanol–water partition coefficient (Wildman–Crippen LogP) is 3.12. The number of rotatable bonds is 7. The Kier molecular flexibility index (Phi) is 6.64. The van der Waals surface area contributed by atoms with Crippen LogP contribution in [0.3, 0.4) is 0 Å². The molecule has 5 nitrogen and oxygen atoms in total. The molecule has 132 valence electrons. The topological polar surface area (TPSA) is 66.8 Å². The molecule has 0 aromatic heterocycles. The molecule has 1 aliphatic rings. The van der Waals surface area contributed by atoms with Crippen molar-refractivity contribution in [2.75, 3.05) is 13.2 Å². The highest BCUT2D eigenvalue weighted by Gasteiger charge is 2.32. The van der Waals surface area contributed by atoms with Crippen molar-refractivity contribution in [3.8, 4) is 5.75 Å². The second kappa shape index (κ2) is 8.71. The minimum absolute atomic E-state index is 0.0414. The summed E-state index contributed by atoms with van der Waals surface area (Å²) in [5.41, 5.74) is 1.09. The highest BCUT2D eigenvalue weighted by Crippen LogP contribution is 2.23. The molecule has 2 rings (SSSR count). The van der Waals surface area contributed by atoms with Gasteiger partial charge in [0.2, 0.25) is 5.91 Å². The number of aryl methyl sites for hydroxylation is 1. The number of nitrogens with zero attached hydrogens (tertiary/aromatic N) is 1. The number of benzene rings is 1. The summed E-state index contributed by atoms with van der Waals surface area (Å²) < 4.78 is 5.55. The van der Waals surface area contributed by atoms with E-state index in [0.29, 0.717) is 32.4 Å². The molecule has 2 unspecified atom stereocenters. The SMILES string of the molecule is CCCOc1ccc(CCC(=O)N2CC(C(=O)O)CCC2C)cc1. The number of hydrogen-bond donors (Lipinski definition) is 1. The van der Waals surface area contributed by atoms with Gasteiger partial charge in [-0.1, -0.05) is 19.1 Å². The highest BCUT2D eigenvalue weighted by molar-refractivity contribution is 5.78.